The molecule has 1 fully saturated rings. The number of sulfonamides is 1. The molecule has 1 aromatic carbocycles. The summed E-state index contributed by atoms with van der Waals surface area (Å²) in [5.74, 6) is 0.237. The number of hydrogen-bond donors (Lipinski definition) is 1. The average Bonchev–Trinajstić information content (AvgIpc) is 2.75. The van der Waals surface area contributed by atoms with E-state index in [-0.39, 0.29) is 16.9 Å². The van der Waals surface area contributed by atoms with Gasteiger partial charge in [-0.05, 0) is 47.5 Å². The second kappa shape index (κ2) is 6.22. The quantitative estimate of drug-likeness (QED) is 0.827. The Hall–Kier alpha value is 0.0500. The summed E-state index contributed by atoms with van der Waals surface area (Å²) in [6, 6.07) is 5.08. The largest absolute Gasteiger partial charge is 0.378 e. The minimum atomic E-state index is -3.51. The van der Waals surface area contributed by atoms with Gasteiger partial charge in [0.2, 0.25) is 10.0 Å². The average molecular weight is 413 g/mol. The van der Waals surface area contributed by atoms with Gasteiger partial charge < -0.3 is 4.74 Å². The van der Waals surface area contributed by atoms with Crippen molar-refractivity contribution in [2.75, 3.05) is 13.2 Å². The van der Waals surface area contributed by atoms with Gasteiger partial charge in [-0.15, -0.1) is 0 Å². The summed E-state index contributed by atoms with van der Waals surface area (Å²) in [6.45, 7) is 3.08. The zero-order valence-electron chi connectivity index (χ0n) is 10.4. The Morgan fingerprint density at radius 3 is 2.79 bits per heavy atom. The number of halogens is 2. The molecule has 106 valence electrons. The summed E-state index contributed by atoms with van der Waals surface area (Å²) in [6.07, 6.45) is 0.997. The lowest BCUT2D eigenvalue weighted by Crippen LogP contribution is -2.32. The van der Waals surface area contributed by atoms with Crippen molar-refractivity contribution in [3.63, 3.8) is 0 Å². The van der Waals surface area contributed by atoms with Crippen molar-refractivity contribution in [2.24, 2.45) is 5.92 Å². The van der Waals surface area contributed by atoms with Crippen molar-refractivity contribution in [1.82, 2.24) is 4.72 Å². The lowest BCUT2D eigenvalue weighted by molar-refractivity contribution is 0.107. The van der Waals surface area contributed by atoms with Gasteiger partial charge in [0, 0.05) is 28.0 Å². The molecule has 0 aliphatic carbocycles. The van der Waals surface area contributed by atoms with Gasteiger partial charge in [0.1, 0.15) is 0 Å². The van der Waals surface area contributed by atoms with Gasteiger partial charge >= 0.3 is 0 Å². The Morgan fingerprint density at radius 2 is 2.16 bits per heavy atom. The predicted octanol–water partition coefficient (Wildman–Crippen LogP) is 2.91. The van der Waals surface area contributed by atoms with Crippen LogP contribution in [0.2, 0.25) is 0 Å². The van der Waals surface area contributed by atoms with Crippen LogP contribution in [-0.2, 0) is 14.8 Å². The van der Waals surface area contributed by atoms with Crippen molar-refractivity contribution in [1.29, 1.82) is 0 Å². The predicted molar refractivity (Wildman–Crippen MR) is 80.6 cm³/mol. The molecule has 4 nitrogen and oxygen atoms in total. The molecule has 1 aliphatic heterocycles. The second-order valence-corrected chi connectivity index (χ2v) is 8.06. The highest BCUT2D eigenvalue weighted by atomic mass is 79.9. The van der Waals surface area contributed by atoms with E-state index >= 15 is 0 Å². The van der Waals surface area contributed by atoms with E-state index in [0.29, 0.717) is 17.6 Å². The fraction of sp³-hybridized carbons (Fsp3) is 0.500. The molecule has 0 bridgehead atoms. The Morgan fingerprint density at radius 1 is 1.42 bits per heavy atom. The lowest BCUT2D eigenvalue weighted by atomic mass is 10.0. The Balaban J connectivity index is 2.12. The number of benzene rings is 1. The van der Waals surface area contributed by atoms with Crippen LogP contribution in [0.4, 0.5) is 0 Å². The van der Waals surface area contributed by atoms with Crippen LogP contribution in [0.25, 0.3) is 0 Å². The fourth-order valence-corrected chi connectivity index (χ4v) is 4.62. The third-order valence-electron chi connectivity index (χ3n) is 3.25. The molecule has 2 rings (SSSR count). The highest BCUT2D eigenvalue weighted by molar-refractivity contribution is 9.11. The van der Waals surface area contributed by atoms with Gasteiger partial charge in [0.25, 0.3) is 0 Å². The molecule has 0 aromatic heterocycles. The van der Waals surface area contributed by atoms with Crippen LogP contribution in [0, 0.1) is 5.92 Å². The van der Waals surface area contributed by atoms with E-state index in [9.17, 15) is 8.42 Å². The van der Waals surface area contributed by atoms with Gasteiger partial charge in [0.05, 0.1) is 11.0 Å². The molecule has 0 amide bonds. The molecule has 2 atom stereocenters. The van der Waals surface area contributed by atoms with Gasteiger partial charge in [0.15, 0.2) is 0 Å². The molecule has 1 saturated heterocycles. The van der Waals surface area contributed by atoms with Crippen LogP contribution >= 0.6 is 31.9 Å². The molecule has 0 radical (unpaired) electrons. The van der Waals surface area contributed by atoms with Crippen LogP contribution in [0.15, 0.2) is 32.0 Å². The maximum absolute atomic E-state index is 12.3. The maximum Gasteiger partial charge on any atom is 0.241 e. The van der Waals surface area contributed by atoms with E-state index in [1.807, 2.05) is 6.92 Å². The topological polar surface area (TPSA) is 55.4 Å². The first kappa shape index (κ1) is 15.4. The van der Waals surface area contributed by atoms with Crippen LogP contribution in [0.1, 0.15) is 13.3 Å². The first-order chi connectivity index (χ1) is 8.90. The molecular formula is C12H15Br2NO3S. The summed E-state index contributed by atoms with van der Waals surface area (Å²) in [7, 11) is -3.51. The lowest BCUT2D eigenvalue weighted by Gasteiger charge is -2.15. The molecule has 0 saturated carbocycles. The summed E-state index contributed by atoms with van der Waals surface area (Å²) in [5.41, 5.74) is 0. The minimum absolute atomic E-state index is 0.105. The number of ether oxygens (including phenoxy) is 1. The summed E-state index contributed by atoms with van der Waals surface area (Å²) >= 11 is 6.55. The van der Waals surface area contributed by atoms with E-state index in [2.05, 4.69) is 36.6 Å². The third-order valence-corrected chi connectivity index (χ3v) is 6.16. The first-order valence-corrected chi connectivity index (χ1v) is 9.03. The minimum Gasteiger partial charge on any atom is -0.378 e. The highest BCUT2D eigenvalue weighted by Gasteiger charge is 2.26. The second-order valence-electron chi connectivity index (χ2n) is 4.55. The van der Waals surface area contributed by atoms with Gasteiger partial charge in [-0.25, -0.2) is 13.1 Å². The van der Waals surface area contributed by atoms with Gasteiger partial charge in [-0.2, -0.15) is 0 Å². The third kappa shape index (κ3) is 3.78. The summed E-state index contributed by atoms with van der Waals surface area (Å²) in [5, 5.41) is 0. The Labute approximate surface area is 130 Å². The van der Waals surface area contributed by atoms with Crippen molar-refractivity contribution in [2.45, 2.75) is 24.3 Å². The Kier molecular flexibility index (Phi) is 5.05. The monoisotopic (exact) mass is 411 g/mol. The normalized spacial score (nSPS) is 23.7. The molecule has 0 spiro atoms. The molecule has 1 aliphatic rings. The maximum atomic E-state index is 12.3. The highest BCUT2D eigenvalue weighted by Crippen LogP contribution is 2.26. The van der Waals surface area contributed by atoms with E-state index in [1.54, 1.807) is 18.2 Å². The van der Waals surface area contributed by atoms with E-state index < -0.39 is 10.0 Å². The number of hydrogen-bond acceptors (Lipinski definition) is 3. The molecule has 2 unspecified atom stereocenters. The van der Waals surface area contributed by atoms with E-state index in [0.717, 1.165) is 10.9 Å². The van der Waals surface area contributed by atoms with Crippen molar-refractivity contribution >= 4 is 41.9 Å². The Bertz CT molecular complexity index is 562. The summed E-state index contributed by atoms with van der Waals surface area (Å²) in [4.78, 5) is 0.244. The molecular weight excluding hydrogens is 398 g/mol. The smallest absolute Gasteiger partial charge is 0.241 e. The van der Waals surface area contributed by atoms with Crippen molar-refractivity contribution in [3.05, 3.63) is 27.1 Å². The number of rotatable bonds is 4. The number of nitrogens with one attached hydrogen (secondary N) is 1. The van der Waals surface area contributed by atoms with Crippen molar-refractivity contribution < 1.29 is 13.2 Å². The molecule has 7 heteroatoms. The first-order valence-electron chi connectivity index (χ1n) is 5.96. The van der Waals surface area contributed by atoms with E-state index in [4.69, 9.17) is 4.74 Å². The standard InChI is InChI=1S/C12H15Br2NO3S/c1-8-9(4-5-18-8)7-15-19(16,17)12-6-10(13)2-3-11(12)14/h2-3,6,8-9,15H,4-5,7H2,1H3. The van der Waals surface area contributed by atoms with Gasteiger partial charge in [-0.1, -0.05) is 15.9 Å². The molecule has 19 heavy (non-hydrogen) atoms. The van der Waals surface area contributed by atoms with Gasteiger partial charge in [-0.3, -0.25) is 0 Å². The van der Waals surface area contributed by atoms with Crippen LogP contribution in [-0.4, -0.2) is 27.7 Å². The molecule has 1 aromatic rings. The summed E-state index contributed by atoms with van der Waals surface area (Å²) < 4.78 is 33.9. The fourth-order valence-electron chi connectivity index (χ4n) is 2.02. The molecule has 1 heterocycles. The zero-order valence-corrected chi connectivity index (χ0v) is 14.4. The zero-order chi connectivity index (χ0) is 14.0. The van der Waals surface area contributed by atoms with Crippen LogP contribution in [0.5, 0.6) is 0 Å². The SMILES string of the molecule is CC1OCCC1CNS(=O)(=O)c1cc(Br)ccc1Br. The van der Waals surface area contributed by atoms with Crippen LogP contribution < -0.4 is 4.72 Å². The van der Waals surface area contributed by atoms with E-state index in [1.165, 1.54) is 0 Å². The van der Waals surface area contributed by atoms with Crippen LogP contribution in [0.3, 0.4) is 0 Å². The molecule has 1 N–H and O–H groups in total. The van der Waals surface area contributed by atoms with Crippen molar-refractivity contribution in [3.8, 4) is 0 Å².